The first-order valence-corrected chi connectivity index (χ1v) is 8.26. The van der Waals surface area contributed by atoms with Gasteiger partial charge in [0.2, 0.25) is 0 Å². The Labute approximate surface area is 139 Å². The van der Waals surface area contributed by atoms with Gasteiger partial charge in [-0.2, -0.15) is 5.10 Å². The molecule has 0 aliphatic carbocycles. The van der Waals surface area contributed by atoms with Gasteiger partial charge in [-0.1, -0.05) is 13.8 Å². The van der Waals surface area contributed by atoms with Crippen LogP contribution < -0.4 is 5.32 Å². The van der Waals surface area contributed by atoms with E-state index in [9.17, 15) is 0 Å². The van der Waals surface area contributed by atoms with Crippen LogP contribution in [-0.2, 0) is 5.54 Å². The highest BCUT2D eigenvalue weighted by molar-refractivity contribution is 5.40. The summed E-state index contributed by atoms with van der Waals surface area (Å²) < 4.78 is 2.03. The molecule has 5 heteroatoms. The van der Waals surface area contributed by atoms with Gasteiger partial charge in [0.1, 0.15) is 11.6 Å². The van der Waals surface area contributed by atoms with Gasteiger partial charge in [0.05, 0.1) is 17.3 Å². The molecular formula is C18H29N5. The molecule has 1 atom stereocenters. The molecule has 126 valence electrons. The molecule has 0 saturated heterocycles. The fourth-order valence-electron chi connectivity index (χ4n) is 2.47. The first-order valence-electron chi connectivity index (χ1n) is 8.26. The summed E-state index contributed by atoms with van der Waals surface area (Å²) in [5.74, 6) is 2.06. The molecule has 0 aliphatic heterocycles. The van der Waals surface area contributed by atoms with Crippen molar-refractivity contribution in [2.24, 2.45) is 0 Å². The number of hydrogen-bond acceptors (Lipinski definition) is 4. The Morgan fingerprint density at radius 3 is 2.26 bits per heavy atom. The van der Waals surface area contributed by atoms with Crippen LogP contribution in [0, 0.1) is 13.8 Å². The van der Waals surface area contributed by atoms with Crippen molar-refractivity contribution in [3.8, 4) is 0 Å². The van der Waals surface area contributed by atoms with Crippen molar-refractivity contribution in [2.45, 2.75) is 72.9 Å². The molecule has 2 heterocycles. The van der Waals surface area contributed by atoms with Crippen LogP contribution in [0.25, 0.3) is 0 Å². The summed E-state index contributed by atoms with van der Waals surface area (Å²) >= 11 is 0. The molecule has 0 spiro atoms. The van der Waals surface area contributed by atoms with Crippen molar-refractivity contribution in [3.05, 3.63) is 35.0 Å². The zero-order valence-corrected chi connectivity index (χ0v) is 15.6. The highest BCUT2D eigenvalue weighted by Crippen LogP contribution is 2.24. The molecule has 2 aromatic heterocycles. The van der Waals surface area contributed by atoms with Gasteiger partial charge in [-0.25, -0.2) is 9.97 Å². The molecule has 0 bridgehead atoms. The Balaban J connectivity index is 2.26. The third-order valence-electron chi connectivity index (χ3n) is 3.84. The van der Waals surface area contributed by atoms with Gasteiger partial charge in [0.15, 0.2) is 0 Å². The topological polar surface area (TPSA) is 55.6 Å². The van der Waals surface area contributed by atoms with E-state index in [0.717, 1.165) is 23.0 Å². The van der Waals surface area contributed by atoms with E-state index in [4.69, 9.17) is 0 Å². The number of rotatable bonds is 4. The lowest BCUT2D eigenvalue weighted by atomic mass is 10.1. The van der Waals surface area contributed by atoms with Crippen LogP contribution in [0.2, 0.25) is 0 Å². The zero-order valence-electron chi connectivity index (χ0n) is 15.6. The van der Waals surface area contributed by atoms with E-state index in [0.29, 0.717) is 5.92 Å². The third kappa shape index (κ3) is 4.09. The molecule has 0 saturated carbocycles. The van der Waals surface area contributed by atoms with Gasteiger partial charge < -0.3 is 5.32 Å². The Morgan fingerprint density at radius 1 is 1.09 bits per heavy atom. The molecule has 0 aliphatic rings. The van der Waals surface area contributed by atoms with E-state index in [1.165, 1.54) is 5.56 Å². The van der Waals surface area contributed by atoms with Crippen LogP contribution in [-0.4, -0.2) is 19.7 Å². The summed E-state index contributed by atoms with van der Waals surface area (Å²) in [7, 11) is 0. The number of nitrogens with zero attached hydrogens (tertiary/aromatic N) is 4. The monoisotopic (exact) mass is 315 g/mol. The number of aryl methyl sites for hydroxylation is 2. The van der Waals surface area contributed by atoms with Gasteiger partial charge >= 0.3 is 0 Å². The van der Waals surface area contributed by atoms with Crippen LogP contribution >= 0.6 is 0 Å². The van der Waals surface area contributed by atoms with E-state index in [-0.39, 0.29) is 11.6 Å². The fraction of sp³-hybridized carbons (Fsp3) is 0.611. The molecule has 23 heavy (non-hydrogen) atoms. The zero-order chi connectivity index (χ0) is 17.4. The minimum Gasteiger partial charge on any atom is -0.363 e. The Morgan fingerprint density at radius 2 is 1.74 bits per heavy atom. The minimum atomic E-state index is -0.0148. The smallest absolute Gasteiger partial charge is 0.133 e. The molecule has 5 nitrogen and oxygen atoms in total. The maximum atomic E-state index is 4.65. The molecular weight excluding hydrogens is 286 g/mol. The Hall–Kier alpha value is -1.91. The lowest BCUT2D eigenvalue weighted by molar-refractivity contribution is 0.354. The molecule has 0 fully saturated rings. The summed E-state index contributed by atoms with van der Waals surface area (Å²) in [4.78, 5) is 9.13. The summed E-state index contributed by atoms with van der Waals surface area (Å²) in [6.45, 7) is 16.9. The van der Waals surface area contributed by atoms with Gasteiger partial charge in [-0.3, -0.25) is 4.68 Å². The van der Waals surface area contributed by atoms with Gasteiger partial charge in [-0.15, -0.1) is 0 Å². The average Bonchev–Trinajstić information content (AvgIpc) is 2.80. The minimum absolute atomic E-state index is 0.0148. The highest BCUT2D eigenvalue weighted by atomic mass is 15.3. The van der Waals surface area contributed by atoms with E-state index in [1.807, 2.05) is 17.7 Å². The number of aromatic nitrogens is 4. The molecule has 2 rings (SSSR count). The van der Waals surface area contributed by atoms with Crippen molar-refractivity contribution in [1.82, 2.24) is 19.7 Å². The molecule has 1 N–H and O–H groups in total. The third-order valence-corrected chi connectivity index (χ3v) is 3.84. The standard InChI is InChI=1S/C18H29N5/c1-11(2)17-19-12(3)9-16(21-17)20-13(4)15-10-23(18(6,7)8)22-14(15)5/h9-11,13H,1-8H3,(H,19,20,21). The predicted octanol–water partition coefficient (Wildman–Crippen LogP) is 4.34. The first-order chi connectivity index (χ1) is 10.6. The second kappa shape index (κ2) is 6.30. The van der Waals surface area contributed by atoms with Crippen molar-refractivity contribution < 1.29 is 0 Å². The maximum absolute atomic E-state index is 4.65. The maximum Gasteiger partial charge on any atom is 0.133 e. The number of nitrogens with one attached hydrogen (secondary N) is 1. The van der Waals surface area contributed by atoms with Crippen LogP contribution in [0.3, 0.4) is 0 Å². The van der Waals surface area contributed by atoms with Crippen LogP contribution in [0.1, 0.15) is 76.3 Å². The van der Waals surface area contributed by atoms with E-state index in [2.05, 4.69) is 75.0 Å². The lowest BCUT2D eigenvalue weighted by Gasteiger charge is -2.19. The van der Waals surface area contributed by atoms with E-state index < -0.39 is 0 Å². The van der Waals surface area contributed by atoms with Crippen molar-refractivity contribution in [1.29, 1.82) is 0 Å². The predicted molar refractivity (Wildman–Crippen MR) is 94.9 cm³/mol. The summed E-state index contributed by atoms with van der Waals surface area (Å²) in [6.07, 6.45) is 2.13. The largest absolute Gasteiger partial charge is 0.363 e. The normalized spacial score (nSPS) is 13.4. The van der Waals surface area contributed by atoms with Crippen molar-refractivity contribution in [3.63, 3.8) is 0 Å². The van der Waals surface area contributed by atoms with Gasteiger partial charge in [0, 0.05) is 29.4 Å². The molecule has 1 unspecified atom stereocenters. The van der Waals surface area contributed by atoms with E-state index >= 15 is 0 Å². The second-order valence-electron chi connectivity index (χ2n) is 7.56. The van der Waals surface area contributed by atoms with Crippen LogP contribution in [0.15, 0.2) is 12.3 Å². The highest BCUT2D eigenvalue weighted by Gasteiger charge is 2.19. The fourth-order valence-corrected chi connectivity index (χ4v) is 2.47. The van der Waals surface area contributed by atoms with Gasteiger partial charge in [-0.05, 0) is 41.5 Å². The van der Waals surface area contributed by atoms with Crippen LogP contribution in [0.5, 0.6) is 0 Å². The Kier molecular flexibility index (Phi) is 4.78. The lowest BCUT2D eigenvalue weighted by Crippen LogP contribution is -2.22. The van der Waals surface area contributed by atoms with E-state index in [1.54, 1.807) is 0 Å². The molecule has 0 aromatic carbocycles. The summed E-state index contributed by atoms with van der Waals surface area (Å²) in [6, 6.07) is 2.13. The number of anilines is 1. The molecule has 0 amide bonds. The SMILES string of the molecule is Cc1cc(NC(C)c2cn(C(C)(C)C)nc2C)nc(C(C)C)n1. The summed E-state index contributed by atoms with van der Waals surface area (Å²) in [5.41, 5.74) is 3.22. The van der Waals surface area contributed by atoms with Gasteiger partial charge in [0.25, 0.3) is 0 Å². The number of hydrogen-bond donors (Lipinski definition) is 1. The Bertz CT molecular complexity index is 679. The second-order valence-corrected chi connectivity index (χ2v) is 7.56. The average molecular weight is 315 g/mol. The molecule has 0 radical (unpaired) electrons. The quantitative estimate of drug-likeness (QED) is 0.911. The van der Waals surface area contributed by atoms with Crippen molar-refractivity contribution >= 4 is 5.82 Å². The molecule has 2 aromatic rings. The van der Waals surface area contributed by atoms with Crippen molar-refractivity contribution in [2.75, 3.05) is 5.32 Å². The summed E-state index contributed by atoms with van der Waals surface area (Å²) in [5, 5.41) is 8.15. The van der Waals surface area contributed by atoms with Crippen LogP contribution in [0.4, 0.5) is 5.82 Å². The first kappa shape index (κ1) is 17.4.